The van der Waals surface area contributed by atoms with Gasteiger partial charge < -0.3 is 5.32 Å². The third-order valence-corrected chi connectivity index (χ3v) is 3.61. The predicted molar refractivity (Wildman–Crippen MR) is 80.3 cm³/mol. The van der Waals surface area contributed by atoms with Crippen LogP contribution in [-0.2, 0) is 6.42 Å². The van der Waals surface area contributed by atoms with Gasteiger partial charge in [-0.3, -0.25) is 4.98 Å². The Balaban J connectivity index is 2.31. The molecule has 1 unspecified atom stereocenters. The van der Waals surface area contributed by atoms with Crippen LogP contribution in [0.1, 0.15) is 30.5 Å². The lowest BCUT2D eigenvalue weighted by Gasteiger charge is -2.20. The summed E-state index contributed by atoms with van der Waals surface area (Å²) in [5.74, 6) is -1.08. The van der Waals surface area contributed by atoms with E-state index >= 15 is 0 Å². The summed E-state index contributed by atoms with van der Waals surface area (Å²) in [5, 5.41) is 3.77. The minimum atomic E-state index is -0.538. The molecule has 1 atom stereocenters. The first kappa shape index (κ1) is 15.9. The summed E-state index contributed by atoms with van der Waals surface area (Å²) >= 11 is 6.15. The number of hydrogen-bond acceptors (Lipinski definition) is 2. The molecule has 2 aromatic rings. The van der Waals surface area contributed by atoms with E-state index in [2.05, 4.69) is 10.3 Å². The Labute approximate surface area is 128 Å². The highest BCUT2D eigenvalue weighted by atomic mass is 35.5. The van der Waals surface area contributed by atoms with Gasteiger partial charge in [-0.2, -0.15) is 0 Å². The molecule has 1 heterocycles. The van der Waals surface area contributed by atoms with E-state index < -0.39 is 11.6 Å². The molecule has 112 valence electrons. The van der Waals surface area contributed by atoms with Gasteiger partial charge in [0.25, 0.3) is 0 Å². The van der Waals surface area contributed by atoms with E-state index in [4.69, 9.17) is 11.6 Å². The number of pyridine rings is 1. The number of nitrogens with zero attached hydrogens (tertiary/aromatic N) is 1. The van der Waals surface area contributed by atoms with Crippen molar-refractivity contribution in [2.45, 2.75) is 25.8 Å². The van der Waals surface area contributed by atoms with Gasteiger partial charge in [0.05, 0.1) is 5.02 Å². The lowest BCUT2D eigenvalue weighted by Crippen LogP contribution is -2.25. The normalized spacial score (nSPS) is 12.4. The molecule has 0 aliphatic heterocycles. The van der Waals surface area contributed by atoms with Crippen LogP contribution < -0.4 is 5.32 Å². The van der Waals surface area contributed by atoms with E-state index in [1.165, 1.54) is 24.4 Å². The first-order chi connectivity index (χ1) is 10.1. The van der Waals surface area contributed by atoms with Crippen molar-refractivity contribution in [2.75, 3.05) is 6.54 Å². The maximum atomic E-state index is 13.8. The van der Waals surface area contributed by atoms with Gasteiger partial charge in [0.2, 0.25) is 0 Å². The molecular weight excluding hydrogens is 294 g/mol. The fourth-order valence-electron chi connectivity index (χ4n) is 2.21. The lowest BCUT2D eigenvalue weighted by molar-refractivity contribution is 0.490. The van der Waals surface area contributed by atoms with E-state index in [0.29, 0.717) is 5.02 Å². The second kappa shape index (κ2) is 7.48. The second-order valence-electron chi connectivity index (χ2n) is 4.81. The number of nitrogens with one attached hydrogen (secondary N) is 1. The van der Waals surface area contributed by atoms with Crippen LogP contribution in [0.2, 0.25) is 5.02 Å². The molecule has 1 aromatic carbocycles. The average Bonchev–Trinajstić information content (AvgIpc) is 2.47. The summed E-state index contributed by atoms with van der Waals surface area (Å²) in [6.45, 7) is 2.77. The largest absolute Gasteiger partial charge is 0.310 e. The summed E-state index contributed by atoms with van der Waals surface area (Å²) in [6, 6.07) is 5.41. The third-order valence-electron chi connectivity index (χ3n) is 3.29. The Bertz CT molecular complexity index is 584. The Hall–Kier alpha value is -1.52. The molecule has 0 aliphatic carbocycles. The highest BCUT2D eigenvalue weighted by Crippen LogP contribution is 2.26. The van der Waals surface area contributed by atoms with Crippen LogP contribution in [0.25, 0.3) is 0 Å². The molecule has 1 N–H and O–H groups in total. The zero-order chi connectivity index (χ0) is 15.2. The highest BCUT2D eigenvalue weighted by molar-refractivity contribution is 6.31. The molecule has 0 amide bonds. The van der Waals surface area contributed by atoms with Crippen LogP contribution in [0.15, 0.2) is 36.7 Å². The van der Waals surface area contributed by atoms with Crippen LogP contribution in [0, 0.1) is 11.6 Å². The maximum Gasteiger partial charge on any atom is 0.129 e. The Morgan fingerprint density at radius 3 is 2.57 bits per heavy atom. The van der Waals surface area contributed by atoms with Gasteiger partial charge in [0, 0.05) is 24.0 Å². The smallest absolute Gasteiger partial charge is 0.129 e. The van der Waals surface area contributed by atoms with E-state index in [1.54, 1.807) is 12.3 Å². The summed E-state index contributed by atoms with van der Waals surface area (Å²) in [4.78, 5) is 3.94. The summed E-state index contributed by atoms with van der Waals surface area (Å²) in [5.41, 5.74) is 0.863. The van der Waals surface area contributed by atoms with Crippen molar-refractivity contribution in [3.05, 3.63) is 64.4 Å². The monoisotopic (exact) mass is 310 g/mol. The average molecular weight is 311 g/mol. The number of benzene rings is 1. The van der Waals surface area contributed by atoms with Crippen LogP contribution in [0.5, 0.6) is 0 Å². The van der Waals surface area contributed by atoms with E-state index in [1.807, 2.05) is 6.92 Å². The summed E-state index contributed by atoms with van der Waals surface area (Å²) in [6.07, 6.45) is 4.27. The summed E-state index contributed by atoms with van der Waals surface area (Å²) < 4.78 is 27.7. The van der Waals surface area contributed by atoms with E-state index in [-0.39, 0.29) is 18.0 Å². The van der Waals surface area contributed by atoms with Crippen LogP contribution >= 0.6 is 11.6 Å². The van der Waals surface area contributed by atoms with Crippen LogP contribution in [-0.4, -0.2) is 11.5 Å². The van der Waals surface area contributed by atoms with Crippen molar-refractivity contribution >= 4 is 11.6 Å². The maximum absolute atomic E-state index is 13.8. The molecular formula is C16H17ClF2N2. The van der Waals surface area contributed by atoms with Crippen molar-refractivity contribution in [3.8, 4) is 0 Å². The van der Waals surface area contributed by atoms with Crippen molar-refractivity contribution in [1.29, 1.82) is 0 Å². The van der Waals surface area contributed by atoms with Crippen molar-refractivity contribution < 1.29 is 8.78 Å². The van der Waals surface area contributed by atoms with Gasteiger partial charge in [-0.05, 0) is 43.1 Å². The highest BCUT2D eigenvalue weighted by Gasteiger charge is 2.19. The fraction of sp³-hybridized carbons (Fsp3) is 0.312. The molecule has 21 heavy (non-hydrogen) atoms. The number of aromatic nitrogens is 1. The van der Waals surface area contributed by atoms with Gasteiger partial charge in [0.1, 0.15) is 11.6 Å². The molecule has 0 aliphatic rings. The van der Waals surface area contributed by atoms with Gasteiger partial charge in [0.15, 0.2) is 0 Å². The first-order valence-corrected chi connectivity index (χ1v) is 7.27. The topological polar surface area (TPSA) is 24.9 Å². The van der Waals surface area contributed by atoms with Gasteiger partial charge in [-0.15, -0.1) is 0 Å². The molecule has 0 saturated carbocycles. The molecule has 0 saturated heterocycles. The Morgan fingerprint density at radius 1 is 1.24 bits per heavy atom. The standard InChI is InChI=1S/C16H17ClF2N2/c1-2-7-21-16(11-6-8-20-10-13(11)17)9-12-14(18)4-3-5-15(12)19/h3-6,8,10,16,21H,2,7,9H2,1H3. The number of halogens is 3. The molecule has 2 rings (SSSR count). The third kappa shape index (κ3) is 3.99. The Morgan fingerprint density at radius 2 is 1.95 bits per heavy atom. The first-order valence-electron chi connectivity index (χ1n) is 6.89. The van der Waals surface area contributed by atoms with Gasteiger partial charge >= 0.3 is 0 Å². The van der Waals surface area contributed by atoms with Crippen molar-refractivity contribution in [2.24, 2.45) is 0 Å². The van der Waals surface area contributed by atoms with Gasteiger partial charge in [-0.1, -0.05) is 24.6 Å². The van der Waals surface area contributed by atoms with Crippen molar-refractivity contribution in [3.63, 3.8) is 0 Å². The molecule has 0 spiro atoms. The minimum Gasteiger partial charge on any atom is -0.310 e. The molecule has 0 bridgehead atoms. The molecule has 0 fully saturated rings. The molecule has 0 radical (unpaired) electrons. The zero-order valence-electron chi connectivity index (χ0n) is 11.7. The predicted octanol–water partition coefficient (Wildman–Crippen LogP) is 4.30. The minimum absolute atomic E-state index is 0.0685. The fourth-order valence-corrected chi connectivity index (χ4v) is 2.46. The lowest BCUT2D eigenvalue weighted by atomic mass is 9.98. The zero-order valence-corrected chi connectivity index (χ0v) is 12.5. The quantitative estimate of drug-likeness (QED) is 0.860. The van der Waals surface area contributed by atoms with Gasteiger partial charge in [-0.25, -0.2) is 8.78 Å². The molecule has 2 nitrogen and oxygen atoms in total. The molecule has 5 heteroatoms. The number of rotatable bonds is 6. The van der Waals surface area contributed by atoms with E-state index in [0.717, 1.165) is 18.5 Å². The van der Waals surface area contributed by atoms with E-state index in [9.17, 15) is 8.78 Å². The van der Waals surface area contributed by atoms with Crippen molar-refractivity contribution in [1.82, 2.24) is 10.3 Å². The van der Waals surface area contributed by atoms with Crippen LogP contribution in [0.3, 0.4) is 0 Å². The van der Waals surface area contributed by atoms with Crippen LogP contribution in [0.4, 0.5) is 8.78 Å². The molecule has 1 aromatic heterocycles. The second-order valence-corrected chi connectivity index (χ2v) is 5.22. The SMILES string of the molecule is CCCNC(Cc1c(F)cccc1F)c1ccncc1Cl. The summed E-state index contributed by atoms with van der Waals surface area (Å²) in [7, 11) is 0. The Kier molecular flexibility index (Phi) is 5.65. The number of hydrogen-bond donors (Lipinski definition) is 1.